The monoisotopic (exact) mass is 339 g/mol. The molecule has 24 heavy (non-hydrogen) atoms. The lowest BCUT2D eigenvalue weighted by Crippen LogP contribution is -2.41. The van der Waals surface area contributed by atoms with Crippen molar-refractivity contribution in [2.45, 2.75) is 39.4 Å². The first kappa shape index (κ1) is 17.0. The summed E-state index contributed by atoms with van der Waals surface area (Å²) in [7, 11) is 0. The molecule has 1 atom stereocenters. The summed E-state index contributed by atoms with van der Waals surface area (Å²) in [5.41, 5.74) is 2.68. The molecular formula is C18H20F3NO2. The molecule has 1 aliphatic heterocycles. The Morgan fingerprint density at radius 3 is 2.71 bits per heavy atom. The van der Waals surface area contributed by atoms with Gasteiger partial charge in [0.15, 0.2) is 0 Å². The first-order chi connectivity index (χ1) is 11.2. The second-order valence-electron chi connectivity index (χ2n) is 6.67. The number of rotatable bonds is 2. The standard InChI is InChI=1S/C18H20F3NO2/c1-11-6-12(2)17-15(7-11)13(8-16(23)24-17)9-22-5-3-4-14(10-22)18(19,20)21/h6-8,14H,3-5,9-10H2,1-2H3. The second kappa shape index (κ2) is 6.24. The van der Waals surface area contributed by atoms with E-state index in [1.165, 1.54) is 6.07 Å². The summed E-state index contributed by atoms with van der Waals surface area (Å²) in [5.74, 6) is -1.29. The molecule has 0 bridgehead atoms. The van der Waals surface area contributed by atoms with Gasteiger partial charge in [-0.3, -0.25) is 4.90 Å². The summed E-state index contributed by atoms with van der Waals surface area (Å²) < 4.78 is 44.3. The van der Waals surface area contributed by atoms with Gasteiger partial charge in [0.25, 0.3) is 0 Å². The highest BCUT2D eigenvalue weighted by Crippen LogP contribution is 2.34. The summed E-state index contributed by atoms with van der Waals surface area (Å²) in [6.07, 6.45) is -3.47. The largest absolute Gasteiger partial charge is 0.422 e. The van der Waals surface area contributed by atoms with Gasteiger partial charge in [0.1, 0.15) is 5.58 Å². The smallest absolute Gasteiger partial charge is 0.393 e. The van der Waals surface area contributed by atoms with Gasteiger partial charge >= 0.3 is 11.8 Å². The highest BCUT2D eigenvalue weighted by atomic mass is 19.4. The van der Waals surface area contributed by atoms with Crippen molar-refractivity contribution in [2.75, 3.05) is 13.1 Å². The summed E-state index contributed by atoms with van der Waals surface area (Å²) >= 11 is 0. The quantitative estimate of drug-likeness (QED) is 0.770. The van der Waals surface area contributed by atoms with Crippen molar-refractivity contribution in [1.29, 1.82) is 0 Å². The molecule has 1 fully saturated rings. The Labute approximate surface area is 138 Å². The Bertz CT molecular complexity index is 810. The zero-order chi connectivity index (χ0) is 17.5. The molecule has 1 aromatic carbocycles. The van der Waals surface area contributed by atoms with Gasteiger partial charge in [-0.05, 0) is 56.0 Å². The van der Waals surface area contributed by atoms with E-state index in [2.05, 4.69) is 0 Å². The normalized spacial score (nSPS) is 19.8. The predicted molar refractivity (Wildman–Crippen MR) is 86.0 cm³/mol. The molecule has 1 aromatic heterocycles. The Kier molecular flexibility index (Phi) is 4.42. The molecule has 0 aliphatic carbocycles. The Balaban J connectivity index is 1.94. The van der Waals surface area contributed by atoms with E-state index in [0.717, 1.165) is 22.1 Å². The third-order valence-electron chi connectivity index (χ3n) is 4.62. The molecule has 1 saturated heterocycles. The van der Waals surface area contributed by atoms with Gasteiger partial charge < -0.3 is 4.42 Å². The molecule has 3 nitrogen and oxygen atoms in total. The predicted octanol–water partition coefficient (Wildman–Crippen LogP) is 4.18. The van der Waals surface area contributed by atoms with Gasteiger partial charge in [0.05, 0.1) is 5.92 Å². The van der Waals surface area contributed by atoms with Crippen LogP contribution in [-0.4, -0.2) is 24.2 Å². The molecule has 1 unspecified atom stereocenters. The Morgan fingerprint density at radius 2 is 2.00 bits per heavy atom. The van der Waals surface area contributed by atoms with Gasteiger partial charge in [-0.25, -0.2) is 4.79 Å². The zero-order valence-electron chi connectivity index (χ0n) is 13.7. The van der Waals surface area contributed by atoms with Crippen molar-refractivity contribution in [1.82, 2.24) is 4.90 Å². The highest BCUT2D eigenvalue weighted by Gasteiger charge is 2.41. The van der Waals surface area contributed by atoms with Gasteiger partial charge in [0.2, 0.25) is 0 Å². The van der Waals surface area contributed by atoms with Gasteiger partial charge in [-0.15, -0.1) is 0 Å². The number of benzene rings is 1. The molecule has 0 amide bonds. The lowest BCUT2D eigenvalue weighted by atomic mass is 9.96. The lowest BCUT2D eigenvalue weighted by molar-refractivity contribution is -0.187. The van der Waals surface area contributed by atoms with Crippen LogP contribution in [0.25, 0.3) is 11.0 Å². The molecule has 0 radical (unpaired) electrons. The minimum Gasteiger partial charge on any atom is -0.422 e. The Hall–Kier alpha value is -1.82. The zero-order valence-corrected chi connectivity index (χ0v) is 13.7. The van der Waals surface area contributed by atoms with Gasteiger partial charge in [-0.2, -0.15) is 13.2 Å². The molecule has 3 rings (SSSR count). The number of halogens is 3. The van der Waals surface area contributed by atoms with Crippen LogP contribution in [0.4, 0.5) is 13.2 Å². The van der Waals surface area contributed by atoms with E-state index in [1.807, 2.05) is 26.0 Å². The molecule has 130 valence electrons. The number of nitrogens with zero attached hydrogens (tertiary/aromatic N) is 1. The molecule has 0 spiro atoms. The minimum atomic E-state index is -4.16. The van der Waals surface area contributed by atoms with Crippen LogP contribution >= 0.6 is 0 Å². The third kappa shape index (κ3) is 3.48. The minimum absolute atomic E-state index is 0.0178. The van der Waals surface area contributed by atoms with Crippen molar-refractivity contribution in [3.8, 4) is 0 Å². The highest BCUT2D eigenvalue weighted by molar-refractivity contribution is 5.83. The van der Waals surface area contributed by atoms with Crippen LogP contribution in [0, 0.1) is 19.8 Å². The molecule has 1 aliphatic rings. The summed E-state index contributed by atoms with van der Waals surface area (Å²) in [4.78, 5) is 13.6. The van der Waals surface area contributed by atoms with E-state index in [-0.39, 0.29) is 13.0 Å². The maximum absolute atomic E-state index is 13.0. The van der Waals surface area contributed by atoms with E-state index in [4.69, 9.17) is 4.42 Å². The van der Waals surface area contributed by atoms with E-state index in [0.29, 0.717) is 25.1 Å². The molecule has 6 heteroatoms. The van der Waals surface area contributed by atoms with Crippen molar-refractivity contribution in [2.24, 2.45) is 5.92 Å². The van der Waals surface area contributed by atoms with E-state index in [9.17, 15) is 18.0 Å². The fourth-order valence-corrected chi connectivity index (χ4v) is 3.52. The van der Waals surface area contributed by atoms with E-state index >= 15 is 0 Å². The van der Waals surface area contributed by atoms with Crippen LogP contribution in [0.3, 0.4) is 0 Å². The van der Waals surface area contributed by atoms with Crippen LogP contribution in [0.5, 0.6) is 0 Å². The van der Waals surface area contributed by atoms with Crippen LogP contribution in [-0.2, 0) is 6.54 Å². The molecule has 0 N–H and O–H groups in total. The summed E-state index contributed by atoms with van der Waals surface area (Å²) in [6.45, 7) is 4.73. The topological polar surface area (TPSA) is 33.5 Å². The van der Waals surface area contributed by atoms with E-state index < -0.39 is 17.7 Å². The molecule has 0 saturated carbocycles. The fraction of sp³-hybridized carbons (Fsp3) is 0.500. The van der Waals surface area contributed by atoms with Crippen LogP contribution < -0.4 is 5.63 Å². The summed E-state index contributed by atoms with van der Waals surface area (Å²) in [5, 5.41) is 0.807. The maximum atomic E-state index is 13.0. The number of aryl methyl sites for hydroxylation is 2. The molecule has 2 heterocycles. The van der Waals surface area contributed by atoms with Gasteiger partial charge in [-0.1, -0.05) is 6.07 Å². The first-order valence-electron chi connectivity index (χ1n) is 8.07. The Morgan fingerprint density at radius 1 is 1.25 bits per heavy atom. The van der Waals surface area contributed by atoms with Crippen molar-refractivity contribution in [3.05, 3.63) is 45.3 Å². The average molecular weight is 339 g/mol. The number of hydrogen-bond donors (Lipinski definition) is 0. The molecule has 2 aromatic rings. The fourth-order valence-electron chi connectivity index (χ4n) is 3.52. The van der Waals surface area contributed by atoms with Crippen molar-refractivity contribution in [3.63, 3.8) is 0 Å². The number of hydrogen-bond acceptors (Lipinski definition) is 3. The number of alkyl halides is 3. The lowest BCUT2D eigenvalue weighted by Gasteiger charge is -2.33. The number of fused-ring (bicyclic) bond motifs is 1. The van der Waals surface area contributed by atoms with Crippen LogP contribution in [0.1, 0.15) is 29.5 Å². The number of likely N-dealkylation sites (tertiary alicyclic amines) is 1. The SMILES string of the molecule is Cc1cc(C)c2oc(=O)cc(CN3CCCC(C(F)(F)F)C3)c2c1. The summed E-state index contributed by atoms with van der Waals surface area (Å²) in [6, 6.07) is 5.25. The second-order valence-corrected chi connectivity index (χ2v) is 6.67. The van der Waals surface area contributed by atoms with E-state index in [1.54, 1.807) is 4.90 Å². The first-order valence-corrected chi connectivity index (χ1v) is 8.07. The third-order valence-corrected chi connectivity index (χ3v) is 4.62. The average Bonchev–Trinajstić information content (AvgIpc) is 2.48. The maximum Gasteiger partial charge on any atom is 0.393 e. The number of piperidine rings is 1. The molecular weight excluding hydrogens is 319 g/mol. The van der Waals surface area contributed by atoms with Crippen LogP contribution in [0.2, 0.25) is 0 Å². The van der Waals surface area contributed by atoms with Crippen molar-refractivity contribution >= 4 is 11.0 Å². The van der Waals surface area contributed by atoms with Crippen LogP contribution in [0.15, 0.2) is 27.4 Å². The van der Waals surface area contributed by atoms with Gasteiger partial charge in [0, 0.05) is 24.5 Å². The van der Waals surface area contributed by atoms with Crippen molar-refractivity contribution < 1.29 is 17.6 Å².